The molecule has 0 saturated carbocycles. The highest BCUT2D eigenvalue weighted by atomic mass is 35.5. The van der Waals surface area contributed by atoms with Gasteiger partial charge in [0.1, 0.15) is 22.9 Å². The molecular weight excluding hydrogens is 894 g/mol. The predicted molar refractivity (Wildman–Crippen MR) is 256 cm³/mol. The van der Waals surface area contributed by atoms with Gasteiger partial charge in [-0.05, 0) is 76.2 Å². The van der Waals surface area contributed by atoms with Crippen molar-refractivity contribution in [3.63, 3.8) is 0 Å². The Balaban J connectivity index is 1.15. The number of hydrogen-bond acceptors (Lipinski definition) is 11. The first-order chi connectivity index (χ1) is 30.8. The van der Waals surface area contributed by atoms with E-state index in [0.29, 0.717) is 107 Å². The van der Waals surface area contributed by atoms with Crippen molar-refractivity contribution in [3.05, 3.63) is 116 Å². The predicted octanol–water partition coefficient (Wildman–Crippen LogP) is 8.72. The van der Waals surface area contributed by atoms with Gasteiger partial charge in [0, 0.05) is 87.3 Å². The van der Waals surface area contributed by atoms with Gasteiger partial charge in [0.2, 0.25) is 0 Å². The molecule has 336 valence electrons. The second-order valence-corrected chi connectivity index (χ2v) is 17.9. The number of piperazine rings is 2. The molecule has 6 aromatic rings. The third-order valence-electron chi connectivity index (χ3n) is 12.4. The molecule has 2 aliphatic rings. The quantitative estimate of drug-likeness (QED) is 0.105. The number of aryl methyl sites for hydroxylation is 2. The Bertz CT molecular complexity index is 2460. The Morgan fingerprint density at radius 2 is 0.969 bits per heavy atom. The summed E-state index contributed by atoms with van der Waals surface area (Å²) in [4.78, 5) is 34.5. The number of hydrogen-bond donors (Lipinski definition) is 0. The van der Waals surface area contributed by atoms with Gasteiger partial charge in [0.15, 0.2) is 5.78 Å². The number of rotatable bonds is 14. The highest BCUT2D eigenvalue weighted by Gasteiger charge is 2.39. The van der Waals surface area contributed by atoms with Crippen LogP contribution in [-0.4, -0.2) is 124 Å². The lowest BCUT2D eigenvalue weighted by molar-refractivity contribution is -0.131. The van der Waals surface area contributed by atoms with Crippen molar-refractivity contribution in [2.75, 3.05) is 76.4 Å². The van der Waals surface area contributed by atoms with Crippen LogP contribution in [0.4, 0.5) is 11.4 Å². The minimum Gasteiger partial charge on any atom is -0.495 e. The van der Waals surface area contributed by atoms with Crippen LogP contribution in [0.1, 0.15) is 22.8 Å². The van der Waals surface area contributed by atoms with Crippen molar-refractivity contribution in [1.29, 1.82) is 0 Å². The number of carbonyl (C=O) groups excluding carboxylic acids is 1. The van der Waals surface area contributed by atoms with Gasteiger partial charge >= 0.3 is 0 Å². The molecular formula is C47H52Cl4N10O3. The highest BCUT2D eigenvalue weighted by Crippen LogP contribution is 2.34. The molecule has 0 bridgehead atoms. The summed E-state index contributed by atoms with van der Waals surface area (Å²) in [6.45, 7) is 13.5. The van der Waals surface area contributed by atoms with E-state index in [4.69, 9.17) is 76.0 Å². The lowest BCUT2D eigenvalue weighted by Gasteiger charge is -2.43. The molecule has 0 aliphatic carbocycles. The van der Waals surface area contributed by atoms with E-state index in [1.54, 1.807) is 14.2 Å². The molecule has 8 rings (SSSR count). The molecule has 2 aromatic carbocycles. The summed E-state index contributed by atoms with van der Waals surface area (Å²) in [6.07, 6.45) is 0. The van der Waals surface area contributed by atoms with E-state index in [0.717, 1.165) is 34.2 Å². The first kappa shape index (κ1) is 45.7. The van der Waals surface area contributed by atoms with E-state index in [2.05, 4.69) is 19.6 Å². The van der Waals surface area contributed by atoms with E-state index in [1.807, 2.05) is 110 Å². The second kappa shape index (κ2) is 19.7. The SMILES string of the molecule is COc1cc(N2CCN(C(Cn3nc(-c4cccc(C)n4)c(Cl)c3C)C(=O)C(Cn3nc(-c4cccc(C)n4)c(Cl)c3C)N3CCN(c4ccc(Cl)c(OC)c4)CC3)CC2)ccc1Cl. The van der Waals surface area contributed by atoms with Crippen molar-refractivity contribution in [2.24, 2.45) is 0 Å². The van der Waals surface area contributed by atoms with Crippen LogP contribution in [0.25, 0.3) is 22.8 Å². The summed E-state index contributed by atoms with van der Waals surface area (Å²) < 4.78 is 14.8. The molecule has 17 heteroatoms. The first-order valence-electron chi connectivity index (χ1n) is 21.4. The maximum atomic E-state index is 15.9. The van der Waals surface area contributed by atoms with Crippen LogP contribution in [0.5, 0.6) is 11.5 Å². The molecule has 2 aliphatic heterocycles. The maximum absolute atomic E-state index is 15.9. The maximum Gasteiger partial charge on any atom is 0.170 e. The van der Waals surface area contributed by atoms with Crippen molar-refractivity contribution in [1.82, 2.24) is 39.3 Å². The number of methoxy groups -OCH3 is 2. The fraction of sp³-hybridized carbons (Fsp3) is 0.383. The molecule has 0 spiro atoms. The minimum atomic E-state index is -0.581. The van der Waals surface area contributed by atoms with Crippen LogP contribution in [-0.2, 0) is 17.9 Å². The van der Waals surface area contributed by atoms with E-state index in [-0.39, 0.29) is 18.9 Å². The molecule has 2 unspecified atom stereocenters. The molecule has 2 atom stereocenters. The summed E-state index contributed by atoms with van der Waals surface area (Å²) >= 11 is 26.9. The van der Waals surface area contributed by atoms with Crippen LogP contribution < -0.4 is 19.3 Å². The number of carbonyl (C=O) groups is 1. The van der Waals surface area contributed by atoms with Gasteiger partial charge in [0.25, 0.3) is 0 Å². The molecule has 0 radical (unpaired) electrons. The summed E-state index contributed by atoms with van der Waals surface area (Å²) in [6, 6.07) is 22.1. The fourth-order valence-electron chi connectivity index (χ4n) is 8.68. The molecule has 2 saturated heterocycles. The standard InChI is InChI=1S/C47H52Cl4N10O3/c1-29-9-7-11-37(52-29)45-43(50)31(3)60(54-45)27-39(58-21-17-56(18-22-58)33-13-15-35(48)41(25-33)63-5)47(62)40(28-61-32(4)44(51)46(55-61)38-12-8-10-30(2)53-38)59-23-19-57(20-24-59)34-14-16-36(49)42(26-34)64-6/h7-16,25-26,39-40H,17-24,27-28H2,1-6H3. The van der Waals surface area contributed by atoms with E-state index < -0.39 is 12.1 Å². The van der Waals surface area contributed by atoms with E-state index in [1.165, 1.54) is 0 Å². The Labute approximate surface area is 394 Å². The Morgan fingerprint density at radius 1 is 0.578 bits per heavy atom. The number of anilines is 2. The molecule has 13 nitrogen and oxygen atoms in total. The summed E-state index contributed by atoms with van der Waals surface area (Å²) in [5, 5.41) is 12.2. The van der Waals surface area contributed by atoms with Crippen LogP contribution in [0.15, 0.2) is 72.8 Å². The lowest BCUT2D eigenvalue weighted by atomic mass is 9.99. The third-order valence-corrected chi connectivity index (χ3v) is 13.9. The second-order valence-electron chi connectivity index (χ2n) is 16.3. The molecule has 6 heterocycles. The normalized spacial score (nSPS) is 16.0. The van der Waals surface area contributed by atoms with Gasteiger partial charge in [-0.2, -0.15) is 10.2 Å². The van der Waals surface area contributed by atoms with Gasteiger partial charge in [0.05, 0.1) is 82.3 Å². The first-order valence-corrected chi connectivity index (χ1v) is 22.9. The van der Waals surface area contributed by atoms with E-state index in [9.17, 15) is 0 Å². The summed E-state index contributed by atoms with van der Waals surface area (Å²) in [5.41, 5.74) is 7.79. The van der Waals surface area contributed by atoms with E-state index >= 15 is 4.79 Å². The fourth-order valence-corrected chi connectivity index (χ4v) is 9.53. The number of aromatic nitrogens is 6. The summed E-state index contributed by atoms with van der Waals surface area (Å²) in [7, 11) is 3.24. The van der Waals surface area contributed by atoms with Crippen molar-refractivity contribution in [3.8, 4) is 34.3 Å². The number of benzene rings is 2. The summed E-state index contributed by atoms with van der Waals surface area (Å²) in [5.74, 6) is 1.30. The Morgan fingerprint density at radius 3 is 1.33 bits per heavy atom. The van der Waals surface area contributed by atoms with Crippen LogP contribution in [0.2, 0.25) is 20.1 Å². The van der Waals surface area contributed by atoms with Crippen LogP contribution in [0.3, 0.4) is 0 Å². The average molecular weight is 947 g/mol. The van der Waals surface area contributed by atoms with Gasteiger partial charge < -0.3 is 19.3 Å². The Kier molecular flexibility index (Phi) is 14.1. The molecule has 0 N–H and O–H groups in total. The molecule has 2 fully saturated rings. The molecule has 0 amide bonds. The number of Topliss-reactive ketones (excluding diaryl/α,β-unsaturated/α-hetero) is 1. The van der Waals surface area contributed by atoms with Gasteiger partial charge in [-0.1, -0.05) is 58.5 Å². The number of ketones is 1. The van der Waals surface area contributed by atoms with Crippen LogP contribution >= 0.6 is 46.4 Å². The van der Waals surface area contributed by atoms with Gasteiger partial charge in [-0.25, -0.2) is 0 Å². The average Bonchev–Trinajstić information content (AvgIpc) is 3.75. The smallest absolute Gasteiger partial charge is 0.170 e. The zero-order chi connectivity index (χ0) is 45.2. The minimum absolute atomic E-state index is 0.0609. The molecule has 4 aromatic heterocycles. The van der Waals surface area contributed by atoms with Gasteiger partial charge in [-0.15, -0.1) is 0 Å². The number of pyridine rings is 2. The zero-order valence-corrected chi connectivity index (χ0v) is 39.9. The lowest BCUT2D eigenvalue weighted by Crippen LogP contribution is -2.61. The van der Waals surface area contributed by atoms with Crippen molar-refractivity contribution in [2.45, 2.75) is 52.9 Å². The number of ether oxygens (including phenoxy) is 2. The highest BCUT2D eigenvalue weighted by molar-refractivity contribution is 6.34. The van der Waals surface area contributed by atoms with Gasteiger partial charge in [-0.3, -0.25) is 33.9 Å². The largest absolute Gasteiger partial charge is 0.495 e. The molecule has 64 heavy (non-hydrogen) atoms. The zero-order valence-electron chi connectivity index (χ0n) is 36.9. The third kappa shape index (κ3) is 9.56. The number of nitrogens with zero attached hydrogens (tertiary/aromatic N) is 10. The topological polar surface area (TPSA) is 110 Å². The monoisotopic (exact) mass is 944 g/mol. The Hall–Kier alpha value is -4.89. The van der Waals surface area contributed by atoms with Crippen molar-refractivity contribution < 1.29 is 14.3 Å². The van der Waals surface area contributed by atoms with Crippen LogP contribution in [0, 0.1) is 27.7 Å². The van der Waals surface area contributed by atoms with Crippen molar-refractivity contribution >= 4 is 63.6 Å². The number of halogens is 4.